The molecule has 0 amide bonds. The molecule has 0 radical (unpaired) electrons. The summed E-state index contributed by atoms with van der Waals surface area (Å²) < 4.78 is 12.3. The Morgan fingerprint density at radius 2 is 1.22 bits per heavy atom. The van der Waals surface area contributed by atoms with Gasteiger partial charge in [-0.15, -0.1) is 0 Å². The van der Waals surface area contributed by atoms with Crippen LogP contribution >= 0.6 is 0 Å². The van der Waals surface area contributed by atoms with Crippen molar-refractivity contribution >= 4 is 0 Å². The lowest BCUT2D eigenvalue weighted by atomic mass is 9.92. The van der Waals surface area contributed by atoms with Crippen LogP contribution < -0.4 is 0 Å². The van der Waals surface area contributed by atoms with Gasteiger partial charge in [-0.05, 0) is 24.0 Å². The fourth-order valence-corrected chi connectivity index (χ4v) is 2.78. The van der Waals surface area contributed by atoms with E-state index in [0.717, 1.165) is 11.1 Å². The van der Waals surface area contributed by atoms with Gasteiger partial charge in [0.25, 0.3) is 0 Å². The summed E-state index contributed by atoms with van der Waals surface area (Å²) in [4.78, 5) is 0. The van der Waals surface area contributed by atoms with E-state index in [2.05, 4.69) is 0 Å². The zero-order valence-corrected chi connectivity index (χ0v) is 13.8. The van der Waals surface area contributed by atoms with Crippen LogP contribution in [-0.2, 0) is 9.47 Å². The van der Waals surface area contributed by atoms with Gasteiger partial charge in [-0.25, -0.2) is 0 Å². The highest BCUT2D eigenvalue weighted by Crippen LogP contribution is 2.46. The lowest BCUT2D eigenvalue weighted by molar-refractivity contribution is -0.203. The van der Waals surface area contributed by atoms with Crippen LogP contribution in [0.15, 0.2) is 60.7 Å². The maximum atomic E-state index is 10.8. The minimum atomic E-state index is -1.05. The second kappa shape index (κ2) is 6.44. The molecule has 1 N–H and O–H groups in total. The molecule has 3 heteroatoms. The van der Waals surface area contributed by atoms with Crippen molar-refractivity contribution in [3.05, 3.63) is 71.8 Å². The van der Waals surface area contributed by atoms with Gasteiger partial charge < -0.3 is 14.6 Å². The van der Waals surface area contributed by atoms with E-state index in [4.69, 9.17) is 9.47 Å². The third kappa shape index (κ3) is 3.18. The number of benzene rings is 2. The van der Waals surface area contributed by atoms with Crippen molar-refractivity contribution in [2.45, 2.75) is 44.9 Å². The first-order chi connectivity index (χ1) is 11.0. The monoisotopic (exact) mass is 312 g/mol. The highest BCUT2D eigenvalue weighted by molar-refractivity contribution is 5.26. The van der Waals surface area contributed by atoms with E-state index in [1.165, 1.54) is 0 Å². The predicted molar refractivity (Wildman–Crippen MR) is 89.8 cm³/mol. The molecule has 23 heavy (non-hydrogen) atoms. The summed E-state index contributed by atoms with van der Waals surface area (Å²) in [6, 6.07) is 20.1. The smallest absolute Gasteiger partial charge is 0.187 e. The van der Waals surface area contributed by atoms with Gasteiger partial charge in [0.2, 0.25) is 0 Å². The third-order valence-electron chi connectivity index (χ3n) is 4.72. The maximum absolute atomic E-state index is 10.8. The molecule has 1 saturated heterocycles. The molecule has 2 aromatic carbocycles. The lowest BCUT2D eigenvalue weighted by Gasteiger charge is -2.32. The first-order valence-corrected chi connectivity index (χ1v) is 8.13. The Morgan fingerprint density at radius 3 is 1.57 bits per heavy atom. The van der Waals surface area contributed by atoms with Gasteiger partial charge in [-0.1, -0.05) is 74.5 Å². The first kappa shape index (κ1) is 16.2. The summed E-state index contributed by atoms with van der Waals surface area (Å²) in [5.41, 5.74) is 1.07. The Hall–Kier alpha value is -1.68. The normalized spacial score (nSPS) is 24.7. The standard InChI is InChI=1S/C20H24O3/c1-14(2)20(3,21)19-22-17(15-10-6-4-7-11-15)18(23-19)16-12-8-5-9-13-16/h4-14,17-19,21H,1-3H3/t17-,18-,20-/m1/s1. The fourth-order valence-electron chi connectivity index (χ4n) is 2.78. The van der Waals surface area contributed by atoms with Crippen molar-refractivity contribution in [2.75, 3.05) is 0 Å². The Kier molecular flexibility index (Phi) is 4.53. The zero-order valence-electron chi connectivity index (χ0n) is 13.8. The van der Waals surface area contributed by atoms with E-state index in [0.29, 0.717) is 0 Å². The predicted octanol–water partition coefficient (Wildman–Crippen LogP) is 4.25. The van der Waals surface area contributed by atoms with E-state index in [1.807, 2.05) is 74.5 Å². The molecule has 0 aliphatic carbocycles. The van der Waals surface area contributed by atoms with Gasteiger partial charge >= 0.3 is 0 Å². The van der Waals surface area contributed by atoms with E-state index >= 15 is 0 Å². The number of aliphatic hydroxyl groups is 1. The summed E-state index contributed by atoms with van der Waals surface area (Å²) in [6.07, 6.45) is -1.11. The second-order valence-corrected chi connectivity index (χ2v) is 6.65. The zero-order chi connectivity index (χ0) is 16.4. The molecule has 0 spiro atoms. The Bertz CT molecular complexity index is 574. The topological polar surface area (TPSA) is 38.7 Å². The van der Waals surface area contributed by atoms with Gasteiger partial charge in [0.05, 0.1) is 0 Å². The molecule has 3 rings (SSSR count). The van der Waals surface area contributed by atoms with Gasteiger partial charge in [0.1, 0.15) is 17.8 Å². The second-order valence-electron chi connectivity index (χ2n) is 6.65. The van der Waals surface area contributed by atoms with Crippen molar-refractivity contribution in [3.63, 3.8) is 0 Å². The number of rotatable bonds is 4. The van der Waals surface area contributed by atoms with Crippen LogP contribution in [0.2, 0.25) is 0 Å². The molecule has 122 valence electrons. The van der Waals surface area contributed by atoms with Crippen molar-refractivity contribution in [2.24, 2.45) is 5.92 Å². The molecule has 0 saturated carbocycles. The van der Waals surface area contributed by atoms with Crippen LogP contribution in [0.3, 0.4) is 0 Å². The van der Waals surface area contributed by atoms with Gasteiger partial charge in [0, 0.05) is 0 Å². The number of ether oxygens (including phenoxy) is 2. The van der Waals surface area contributed by atoms with Crippen LogP contribution in [0.4, 0.5) is 0 Å². The van der Waals surface area contributed by atoms with E-state index in [9.17, 15) is 5.11 Å². The number of hydrogen-bond donors (Lipinski definition) is 1. The molecule has 2 aromatic rings. The van der Waals surface area contributed by atoms with Gasteiger partial charge in [0.15, 0.2) is 6.29 Å². The Balaban J connectivity index is 1.95. The van der Waals surface area contributed by atoms with Crippen molar-refractivity contribution in [3.8, 4) is 0 Å². The molecule has 0 aromatic heterocycles. The summed E-state index contributed by atoms with van der Waals surface area (Å²) in [7, 11) is 0. The molecular formula is C20H24O3. The Labute approximate surface area is 137 Å². The summed E-state index contributed by atoms with van der Waals surface area (Å²) in [6.45, 7) is 5.72. The molecule has 3 atom stereocenters. The quantitative estimate of drug-likeness (QED) is 0.917. The van der Waals surface area contributed by atoms with Crippen LogP contribution in [0.1, 0.15) is 44.1 Å². The molecule has 1 aliphatic rings. The highest BCUT2D eigenvalue weighted by Gasteiger charge is 2.47. The summed E-state index contributed by atoms with van der Waals surface area (Å²) >= 11 is 0. The SMILES string of the molecule is CC(C)[C@@](C)(O)C1O[C@H](c2ccccc2)[C@@H](c2ccccc2)O1. The van der Waals surface area contributed by atoms with Crippen LogP contribution in [-0.4, -0.2) is 17.0 Å². The molecule has 1 fully saturated rings. The molecule has 0 unspecified atom stereocenters. The maximum Gasteiger partial charge on any atom is 0.187 e. The minimum Gasteiger partial charge on any atom is -0.385 e. The minimum absolute atomic E-state index is 0.0263. The highest BCUT2D eigenvalue weighted by atomic mass is 16.7. The Morgan fingerprint density at radius 1 is 0.826 bits per heavy atom. The first-order valence-electron chi connectivity index (χ1n) is 8.13. The summed E-state index contributed by atoms with van der Waals surface area (Å²) in [5, 5.41) is 10.8. The van der Waals surface area contributed by atoms with Crippen LogP contribution in [0, 0.1) is 5.92 Å². The van der Waals surface area contributed by atoms with E-state index in [1.54, 1.807) is 6.92 Å². The van der Waals surface area contributed by atoms with Crippen LogP contribution in [0.25, 0.3) is 0 Å². The molecule has 1 heterocycles. The number of hydrogen-bond acceptors (Lipinski definition) is 3. The van der Waals surface area contributed by atoms with Crippen molar-refractivity contribution < 1.29 is 14.6 Å². The average molecular weight is 312 g/mol. The third-order valence-corrected chi connectivity index (χ3v) is 4.72. The summed E-state index contributed by atoms with van der Waals surface area (Å²) in [5.74, 6) is 0.0263. The van der Waals surface area contributed by atoms with E-state index in [-0.39, 0.29) is 18.1 Å². The van der Waals surface area contributed by atoms with Crippen molar-refractivity contribution in [1.82, 2.24) is 0 Å². The van der Waals surface area contributed by atoms with E-state index < -0.39 is 11.9 Å². The lowest BCUT2D eigenvalue weighted by Crippen LogP contribution is -2.44. The van der Waals surface area contributed by atoms with Gasteiger partial charge in [-0.2, -0.15) is 0 Å². The van der Waals surface area contributed by atoms with Crippen molar-refractivity contribution in [1.29, 1.82) is 0 Å². The molecule has 0 bridgehead atoms. The average Bonchev–Trinajstić information content (AvgIpc) is 3.02. The largest absolute Gasteiger partial charge is 0.385 e. The molecular weight excluding hydrogens is 288 g/mol. The van der Waals surface area contributed by atoms with Gasteiger partial charge in [-0.3, -0.25) is 0 Å². The molecule has 3 nitrogen and oxygen atoms in total. The molecule has 1 aliphatic heterocycles. The van der Waals surface area contributed by atoms with Crippen LogP contribution in [0.5, 0.6) is 0 Å². The fraction of sp³-hybridized carbons (Fsp3) is 0.400.